The van der Waals surface area contributed by atoms with Gasteiger partial charge in [0.2, 0.25) is 5.91 Å². The van der Waals surface area contributed by atoms with Crippen LogP contribution >= 0.6 is 0 Å². The first kappa shape index (κ1) is 20.0. The minimum Gasteiger partial charge on any atom is -0.394 e. The van der Waals surface area contributed by atoms with Crippen molar-refractivity contribution in [1.82, 2.24) is 14.9 Å². The van der Waals surface area contributed by atoms with Crippen molar-refractivity contribution in [3.63, 3.8) is 0 Å². The minimum absolute atomic E-state index is 0.0111. The minimum atomic E-state index is -2.10. The van der Waals surface area contributed by atoms with E-state index in [0.717, 1.165) is 10.1 Å². The fourth-order valence-electron chi connectivity index (χ4n) is 3.17. The molecule has 28 heavy (non-hydrogen) atoms. The van der Waals surface area contributed by atoms with Crippen LogP contribution in [0.4, 0.5) is 5.82 Å². The Balaban J connectivity index is 1.74. The van der Waals surface area contributed by atoms with E-state index in [1.54, 1.807) is 0 Å². The highest BCUT2D eigenvalue weighted by molar-refractivity contribution is 5.77. The average molecular weight is 390 g/mol. The van der Waals surface area contributed by atoms with Gasteiger partial charge >= 0.3 is 5.69 Å². The van der Waals surface area contributed by atoms with Crippen LogP contribution in [0.25, 0.3) is 0 Å². The van der Waals surface area contributed by atoms with E-state index in [-0.39, 0.29) is 12.4 Å². The van der Waals surface area contributed by atoms with Crippen molar-refractivity contribution in [3.05, 3.63) is 58.6 Å². The Hall–Kier alpha value is -2.79. The molecular weight excluding hydrogens is 368 g/mol. The number of nitrogens with two attached hydrogens (primary N) is 1. The number of aliphatic hydroxyl groups excluding tert-OH is 2. The standard InChI is InChI=1S/C18H22N4O6/c19-13-6-7-22(17(26)21-13)16-15(25)18(27,12(10-23)28-16)8-14(24)20-9-11-4-2-1-3-5-11/h1-7,12,15-16,23,25,27H,8-10H2,(H,20,24)(H2,19,21,26)/t12-,15+,16-,18-/m1/s1. The highest BCUT2D eigenvalue weighted by Gasteiger charge is 2.56. The van der Waals surface area contributed by atoms with Gasteiger partial charge in [0, 0.05) is 12.7 Å². The van der Waals surface area contributed by atoms with Crippen molar-refractivity contribution in [3.8, 4) is 0 Å². The van der Waals surface area contributed by atoms with Crippen molar-refractivity contribution in [2.45, 2.75) is 37.0 Å². The van der Waals surface area contributed by atoms with Crippen LogP contribution in [0.5, 0.6) is 0 Å². The van der Waals surface area contributed by atoms with Gasteiger partial charge in [-0.15, -0.1) is 0 Å². The zero-order chi connectivity index (χ0) is 20.3. The van der Waals surface area contributed by atoms with Crippen molar-refractivity contribution in [2.75, 3.05) is 12.3 Å². The van der Waals surface area contributed by atoms with Crippen LogP contribution in [0.3, 0.4) is 0 Å². The topological polar surface area (TPSA) is 160 Å². The van der Waals surface area contributed by atoms with Crippen LogP contribution in [-0.2, 0) is 16.1 Å². The highest BCUT2D eigenvalue weighted by atomic mass is 16.6. The monoisotopic (exact) mass is 390 g/mol. The van der Waals surface area contributed by atoms with Gasteiger partial charge in [-0.2, -0.15) is 4.98 Å². The van der Waals surface area contributed by atoms with E-state index in [4.69, 9.17) is 10.5 Å². The Labute approximate surface area is 160 Å². The van der Waals surface area contributed by atoms with E-state index < -0.39 is 48.7 Å². The first-order chi connectivity index (χ1) is 13.3. The van der Waals surface area contributed by atoms with Gasteiger partial charge in [0.1, 0.15) is 23.6 Å². The maximum atomic E-state index is 12.3. The third-order valence-electron chi connectivity index (χ3n) is 4.71. The van der Waals surface area contributed by atoms with Gasteiger partial charge in [-0.1, -0.05) is 30.3 Å². The molecule has 1 amide bonds. The number of rotatable bonds is 6. The quantitative estimate of drug-likeness (QED) is 0.399. The third kappa shape index (κ3) is 3.90. The largest absolute Gasteiger partial charge is 0.394 e. The number of aliphatic hydroxyl groups is 3. The van der Waals surface area contributed by atoms with Gasteiger partial charge in [0.05, 0.1) is 13.0 Å². The van der Waals surface area contributed by atoms with Crippen LogP contribution in [-0.4, -0.2) is 55.2 Å². The second kappa shape index (κ2) is 8.07. The number of nitrogens with one attached hydrogen (secondary N) is 1. The molecule has 150 valence electrons. The fraction of sp³-hybridized carbons (Fsp3) is 0.389. The van der Waals surface area contributed by atoms with E-state index in [9.17, 15) is 24.9 Å². The van der Waals surface area contributed by atoms with Crippen molar-refractivity contribution in [2.24, 2.45) is 0 Å². The molecule has 4 atom stereocenters. The molecule has 1 saturated heterocycles. The lowest BCUT2D eigenvalue weighted by molar-refractivity contribution is -0.137. The molecule has 0 unspecified atom stereocenters. The first-order valence-electron chi connectivity index (χ1n) is 8.67. The maximum absolute atomic E-state index is 12.3. The predicted molar refractivity (Wildman–Crippen MR) is 97.8 cm³/mol. The van der Waals surface area contributed by atoms with Gasteiger partial charge < -0.3 is 31.1 Å². The Kier molecular flexibility index (Phi) is 5.75. The van der Waals surface area contributed by atoms with E-state index >= 15 is 0 Å². The van der Waals surface area contributed by atoms with Crippen molar-refractivity contribution < 1.29 is 24.9 Å². The molecule has 1 aromatic carbocycles. The number of hydrogen-bond acceptors (Lipinski definition) is 8. The molecule has 6 N–H and O–H groups in total. The number of aromatic nitrogens is 2. The molecule has 1 aliphatic rings. The molecule has 1 fully saturated rings. The number of carbonyl (C=O) groups is 1. The molecule has 10 heteroatoms. The summed E-state index contributed by atoms with van der Waals surface area (Å²) in [4.78, 5) is 27.9. The molecule has 0 spiro atoms. The summed E-state index contributed by atoms with van der Waals surface area (Å²) < 4.78 is 6.41. The van der Waals surface area contributed by atoms with Crippen molar-refractivity contribution in [1.29, 1.82) is 0 Å². The Bertz CT molecular complexity index is 889. The number of benzene rings is 1. The molecule has 2 aromatic rings. The van der Waals surface area contributed by atoms with Crippen LogP contribution in [0.1, 0.15) is 18.2 Å². The number of anilines is 1. The molecule has 3 rings (SSSR count). The Morgan fingerprint density at radius 3 is 2.68 bits per heavy atom. The van der Waals surface area contributed by atoms with E-state index in [0.29, 0.717) is 0 Å². The number of amides is 1. The molecule has 0 aliphatic carbocycles. The summed E-state index contributed by atoms with van der Waals surface area (Å²) in [5.41, 5.74) is 3.42. The second-order valence-corrected chi connectivity index (χ2v) is 6.62. The normalized spacial score (nSPS) is 26.9. The van der Waals surface area contributed by atoms with Crippen LogP contribution in [0, 0.1) is 0 Å². The summed E-state index contributed by atoms with van der Waals surface area (Å²) in [6, 6.07) is 10.5. The number of nitrogens with zero attached hydrogens (tertiary/aromatic N) is 2. The van der Waals surface area contributed by atoms with Crippen LogP contribution in [0.2, 0.25) is 0 Å². The zero-order valence-corrected chi connectivity index (χ0v) is 14.9. The summed E-state index contributed by atoms with van der Waals surface area (Å²) in [5.74, 6) is -0.557. The average Bonchev–Trinajstić information content (AvgIpc) is 2.91. The van der Waals surface area contributed by atoms with E-state index in [2.05, 4.69) is 10.3 Å². The Morgan fingerprint density at radius 1 is 1.32 bits per heavy atom. The first-order valence-corrected chi connectivity index (χ1v) is 8.67. The molecule has 10 nitrogen and oxygen atoms in total. The SMILES string of the molecule is Nc1ccn([C@@H]2O[C@H](CO)[C@](O)(CC(=O)NCc3ccccc3)[C@H]2O)c(=O)n1. The lowest BCUT2D eigenvalue weighted by atomic mass is 9.88. The van der Waals surface area contributed by atoms with Crippen LogP contribution < -0.4 is 16.7 Å². The number of ether oxygens (including phenoxy) is 1. The zero-order valence-electron chi connectivity index (χ0n) is 14.9. The molecule has 0 saturated carbocycles. The lowest BCUT2D eigenvalue weighted by Gasteiger charge is -2.29. The molecule has 1 aromatic heterocycles. The summed E-state index contributed by atoms with van der Waals surface area (Å²) in [6.07, 6.45) is -3.53. The smallest absolute Gasteiger partial charge is 0.351 e. The van der Waals surface area contributed by atoms with Gasteiger partial charge in [-0.3, -0.25) is 9.36 Å². The Morgan fingerprint density at radius 2 is 2.04 bits per heavy atom. The number of hydrogen-bond donors (Lipinski definition) is 5. The molecule has 1 aliphatic heterocycles. The van der Waals surface area contributed by atoms with Gasteiger partial charge in [0.15, 0.2) is 6.23 Å². The molecule has 0 radical (unpaired) electrons. The van der Waals surface area contributed by atoms with Crippen molar-refractivity contribution >= 4 is 11.7 Å². The summed E-state index contributed by atoms with van der Waals surface area (Å²) >= 11 is 0. The fourth-order valence-corrected chi connectivity index (χ4v) is 3.17. The summed E-state index contributed by atoms with van der Waals surface area (Å²) in [6.45, 7) is -0.422. The second-order valence-electron chi connectivity index (χ2n) is 6.62. The van der Waals surface area contributed by atoms with Gasteiger partial charge in [-0.05, 0) is 11.6 Å². The lowest BCUT2D eigenvalue weighted by Crippen LogP contribution is -2.52. The summed E-state index contributed by atoms with van der Waals surface area (Å²) in [5, 5.41) is 33.7. The number of nitrogen functional groups attached to an aromatic ring is 1. The summed E-state index contributed by atoms with van der Waals surface area (Å²) in [7, 11) is 0. The van der Waals surface area contributed by atoms with Gasteiger partial charge in [-0.25, -0.2) is 4.79 Å². The molecule has 0 bridgehead atoms. The predicted octanol–water partition coefficient (Wildman–Crippen LogP) is -1.49. The maximum Gasteiger partial charge on any atom is 0.351 e. The van der Waals surface area contributed by atoms with Crippen LogP contribution in [0.15, 0.2) is 47.4 Å². The molecule has 2 heterocycles. The van der Waals surface area contributed by atoms with E-state index in [1.807, 2.05) is 30.3 Å². The third-order valence-corrected chi connectivity index (χ3v) is 4.71. The van der Waals surface area contributed by atoms with E-state index in [1.165, 1.54) is 12.3 Å². The van der Waals surface area contributed by atoms with Gasteiger partial charge in [0.25, 0.3) is 0 Å². The highest BCUT2D eigenvalue weighted by Crippen LogP contribution is 2.38. The number of carbonyl (C=O) groups excluding carboxylic acids is 1. The molecular formula is C18H22N4O6.